The van der Waals surface area contributed by atoms with E-state index in [0.29, 0.717) is 5.75 Å². The van der Waals surface area contributed by atoms with Gasteiger partial charge < -0.3 is 19.9 Å². The number of carboxylic acid groups (broad SMARTS) is 1. The first-order valence-electron chi connectivity index (χ1n) is 10.7. The predicted molar refractivity (Wildman–Crippen MR) is 131 cm³/mol. The number of rotatable bonds is 4. The van der Waals surface area contributed by atoms with Crippen LogP contribution < -0.4 is 15.2 Å². The Morgan fingerprint density at radius 1 is 1.05 bits per heavy atom. The molecule has 0 saturated heterocycles. The van der Waals surface area contributed by atoms with Crippen LogP contribution in [0.15, 0.2) is 77.2 Å². The molecule has 4 aromatic rings. The maximum absolute atomic E-state index is 10.6. The van der Waals surface area contributed by atoms with Crippen LogP contribution >= 0.6 is 0 Å². The summed E-state index contributed by atoms with van der Waals surface area (Å²) in [5.41, 5.74) is 4.10. The van der Waals surface area contributed by atoms with Crippen LogP contribution in [0.25, 0.3) is 28.8 Å². The Kier molecular flexibility index (Phi) is 7.05. The third-order valence-electron chi connectivity index (χ3n) is 5.26. The van der Waals surface area contributed by atoms with Gasteiger partial charge in [0.1, 0.15) is 5.75 Å². The number of carbonyl (C=O) groups is 1. The normalized spacial score (nSPS) is 13.1. The molecule has 0 fully saturated rings. The molecule has 8 nitrogen and oxygen atoms in total. The number of hydrogen-bond donors (Lipinski definition) is 3. The number of nitrogens with zero attached hydrogens (tertiary/aromatic N) is 3. The van der Waals surface area contributed by atoms with Crippen molar-refractivity contribution in [2.45, 2.75) is 6.18 Å². The molecule has 188 valence electrons. The number of pyridine rings is 1. The van der Waals surface area contributed by atoms with E-state index in [1.807, 2.05) is 66.8 Å². The monoisotopic (exact) mass is 508 g/mol. The molecule has 1 aliphatic heterocycles. The summed E-state index contributed by atoms with van der Waals surface area (Å²) in [7, 11) is 1.63. The molecule has 0 amide bonds. The molecule has 2 aromatic heterocycles. The topological polar surface area (TPSA) is 120 Å². The van der Waals surface area contributed by atoms with Gasteiger partial charge in [0.05, 0.1) is 23.7 Å². The maximum atomic E-state index is 10.6. The summed E-state index contributed by atoms with van der Waals surface area (Å²) < 4.78 is 37.4. The van der Waals surface area contributed by atoms with Crippen molar-refractivity contribution in [1.29, 1.82) is 0 Å². The minimum absolute atomic E-state index is 0.129. The van der Waals surface area contributed by atoms with Crippen LogP contribution in [0.3, 0.4) is 0 Å². The minimum atomic E-state index is -5.08. The third kappa shape index (κ3) is 5.67. The van der Waals surface area contributed by atoms with Gasteiger partial charge in [-0.1, -0.05) is 24.3 Å². The Morgan fingerprint density at radius 2 is 1.76 bits per heavy atom. The van der Waals surface area contributed by atoms with Gasteiger partial charge in [-0.2, -0.15) is 13.2 Å². The first kappa shape index (κ1) is 25.2. The third-order valence-corrected chi connectivity index (χ3v) is 5.26. The van der Waals surface area contributed by atoms with Gasteiger partial charge in [0.15, 0.2) is 5.88 Å². The molecule has 0 saturated carbocycles. The van der Waals surface area contributed by atoms with E-state index in [-0.39, 0.29) is 5.88 Å². The first-order valence-corrected chi connectivity index (χ1v) is 10.7. The number of aromatic hydroxyl groups is 1. The molecule has 2 aromatic carbocycles. The maximum Gasteiger partial charge on any atom is 0.490 e. The molecule has 0 atom stereocenters. The number of methoxy groups -OCH3 is 1. The lowest BCUT2D eigenvalue weighted by Gasteiger charge is -2.02. The van der Waals surface area contributed by atoms with Crippen molar-refractivity contribution in [3.8, 4) is 11.6 Å². The summed E-state index contributed by atoms with van der Waals surface area (Å²) in [6.07, 6.45) is 4.21. The van der Waals surface area contributed by atoms with Gasteiger partial charge >= 0.3 is 12.1 Å². The van der Waals surface area contributed by atoms with Crippen LogP contribution in [-0.2, 0) is 4.79 Å². The lowest BCUT2D eigenvalue weighted by Crippen LogP contribution is -2.21. The summed E-state index contributed by atoms with van der Waals surface area (Å²) in [4.78, 5) is 15.9. The van der Waals surface area contributed by atoms with Gasteiger partial charge in [-0.05, 0) is 53.3 Å². The zero-order valence-corrected chi connectivity index (χ0v) is 19.2. The molecule has 3 heterocycles. The quantitative estimate of drug-likeness (QED) is 0.371. The number of aliphatic carboxylic acids is 1. The fourth-order valence-electron chi connectivity index (χ4n) is 3.59. The molecular formula is C26H19F3N4O4. The Labute approximate surface area is 207 Å². The number of aromatic amines is 1. The summed E-state index contributed by atoms with van der Waals surface area (Å²) in [6.45, 7) is 0. The van der Waals surface area contributed by atoms with Crippen LogP contribution in [0.4, 0.5) is 18.9 Å². The van der Waals surface area contributed by atoms with Gasteiger partial charge in [-0.3, -0.25) is 4.98 Å². The number of ether oxygens (including phenoxy) is 1. The highest BCUT2D eigenvalue weighted by molar-refractivity contribution is 5.91. The number of hydrogen-bond acceptors (Lipinski definition) is 6. The fourth-order valence-corrected chi connectivity index (χ4v) is 3.59. The molecule has 0 radical (unpaired) electrons. The number of nitrogens with one attached hydrogen (secondary N) is 1. The number of alkyl halides is 3. The predicted octanol–water partition coefficient (Wildman–Crippen LogP) is 4.66. The van der Waals surface area contributed by atoms with E-state index in [2.05, 4.69) is 20.2 Å². The van der Waals surface area contributed by atoms with Gasteiger partial charge in [-0.15, -0.1) is 10.2 Å². The number of halogens is 3. The van der Waals surface area contributed by atoms with Crippen molar-refractivity contribution in [2.24, 2.45) is 10.2 Å². The summed E-state index contributed by atoms with van der Waals surface area (Å²) >= 11 is 0. The molecule has 0 aliphatic carbocycles. The van der Waals surface area contributed by atoms with Crippen LogP contribution in [-0.4, -0.2) is 39.4 Å². The van der Waals surface area contributed by atoms with E-state index in [1.165, 1.54) is 0 Å². The molecule has 0 spiro atoms. The number of carboxylic acids is 1. The lowest BCUT2D eigenvalue weighted by atomic mass is 10.1. The van der Waals surface area contributed by atoms with Crippen LogP contribution in [0.1, 0.15) is 11.1 Å². The number of benzene rings is 2. The molecule has 1 aliphatic rings. The number of fused-ring (bicyclic) bond motifs is 2. The van der Waals surface area contributed by atoms with Crippen molar-refractivity contribution < 1.29 is 32.9 Å². The number of H-pyrrole nitrogens is 1. The zero-order chi connectivity index (χ0) is 26.6. The van der Waals surface area contributed by atoms with Crippen molar-refractivity contribution >= 4 is 40.4 Å². The van der Waals surface area contributed by atoms with Crippen molar-refractivity contribution in [3.63, 3.8) is 0 Å². The van der Waals surface area contributed by atoms with Crippen molar-refractivity contribution in [3.05, 3.63) is 88.6 Å². The minimum Gasteiger partial charge on any atom is -0.496 e. The Balaban J connectivity index is 0.000000405. The zero-order valence-electron chi connectivity index (χ0n) is 19.2. The standard InChI is InChI=1S/C24H18N4O2.C2HF3O2/c1-30-22-14-16(12-18-17-4-2-3-5-19(17)26-24(18)29)13-21-23(22)20(27-28-21)7-6-15-8-10-25-11-9-15;3-2(4,5)1(6)7/h2-14,26,29H,1H3;(H,6,7)/b7-6+,16-12?;. The molecule has 3 N–H and O–H groups in total. The van der Waals surface area contributed by atoms with E-state index in [4.69, 9.17) is 14.6 Å². The van der Waals surface area contributed by atoms with Gasteiger partial charge in [0, 0.05) is 28.9 Å². The molecule has 37 heavy (non-hydrogen) atoms. The highest BCUT2D eigenvalue weighted by Gasteiger charge is 2.38. The van der Waals surface area contributed by atoms with E-state index in [0.717, 1.165) is 43.9 Å². The van der Waals surface area contributed by atoms with Crippen LogP contribution in [0.2, 0.25) is 0 Å². The van der Waals surface area contributed by atoms with Crippen molar-refractivity contribution in [2.75, 3.05) is 7.11 Å². The Morgan fingerprint density at radius 3 is 2.43 bits per heavy atom. The highest BCUT2D eigenvalue weighted by atomic mass is 19.4. The summed E-state index contributed by atoms with van der Waals surface area (Å²) in [5.74, 6) is -1.95. The molecule has 0 unspecified atom stereocenters. The van der Waals surface area contributed by atoms with Gasteiger partial charge in [0.2, 0.25) is 0 Å². The van der Waals surface area contributed by atoms with Crippen LogP contribution in [0.5, 0.6) is 11.6 Å². The second kappa shape index (κ2) is 10.4. The molecule has 5 rings (SSSR count). The number of azo groups is 1. The summed E-state index contributed by atoms with van der Waals surface area (Å²) in [5, 5.41) is 28.8. The van der Waals surface area contributed by atoms with E-state index in [1.54, 1.807) is 19.5 Å². The number of aromatic nitrogens is 2. The fraction of sp³-hybridized carbons (Fsp3) is 0.0769. The van der Waals surface area contributed by atoms with E-state index < -0.39 is 12.1 Å². The second-order valence-corrected chi connectivity index (χ2v) is 7.70. The average molecular weight is 508 g/mol. The lowest BCUT2D eigenvalue weighted by molar-refractivity contribution is -0.192. The summed E-state index contributed by atoms with van der Waals surface area (Å²) in [6, 6.07) is 15.5. The highest BCUT2D eigenvalue weighted by Crippen LogP contribution is 2.28. The Hall–Kier alpha value is -4.93. The second-order valence-electron chi connectivity index (χ2n) is 7.70. The van der Waals surface area contributed by atoms with Crippen molar-refractivity contribution in [1.82, 2.24) is 9.97 Å². The molecular weight excluding hydrogens is 489 g/mol. The average Bonchev–Trinajstić information content (AvgIpc) is 3.43. The first-order chi connectivity index (χ1) is 17.7. The van der Waals surface area contributed by atoms with E-state index in [9.17, 15) is 18.3 Å². The molecule has 11 heteroatoms. The van der Waals surface area contributed by atoms with Gasteiger partial charge in [-0.25, -0.2) is 4.79 Å². The molecule has 0 bridgehead atoms. The Bertz CT molecular complexity index is 1640. The van der Waals surface area contributed by atoms with Crippen LogP contribution in [0, 0.1) is 0 Å². The largest absolute Gasteiger partial charge is 0.496 e. The SMILES string of the molecule is COc1cc(=Cc2c(O)[nH]c3ccccc23)cc2c1=C(/C=C/c1ccncc1)N=N2.O=C(O)C(F)(F)F. The van der Waals surface area contributed by atoms with E-state index >= 15 is 0 Å². The number of para-hydroxylation sites is 1. The smallest absolute Gasteiger partial charge is 0.490 e. The van der Waals surface area contributed by atoms with Gasteiger partial charge in [0.25, 0.3) is 0 Å².